The highest BCUT2D eigenvalue weighted by Crippen LogP contribution is 2.58. The first-order valence-electron chi connectivity index (χ1n) is 11.4. The Bertz CT molecular complexity index is 655. The van der Waals surface area contributed by atoms with Crippen LogP contribution in [-0.2, 0) is 19.1 Å². The number of ether oxygens (including phenoxy) is 2. The first kappa shape index (κ1) is 21.6. The van der Waals surface area contributed by atoms with Crippen molar-refractivity contribution in [1.82, 2.24) is 9.80 Å². The van der Waals surface area contributed by atoms with Crippen LogP contribution in [0.2, 0.25) is 0 Å². The third-order valence-electron chi connectivity index (χ3n) is 7.99. The molecule has 3 saturated carbocycles. The van der Waals surface area contributed by atoms with Crippen LogP contribution >= 0.6 is 0 Å². The summed E-state index contributed by atoms with van der Waals surface area (Å²) in [5.74, 6) is 0.641. The molecule has 0 saturated heterocycles. The molecule has 0 aromatic carbocycles. The molecule has 6 nitrogen and oxygen atoms in total. The molecule has 30 heavy (non-hydrogen) atoms. The summed E-state index contributed by atoms with van der Waals surface area (Å²) >= 11 is 0. The van der Waals surface area contributed by atoms with Crippen LogP contribution in [0, 0.1) is 10.8 Å². The number of methoxy groups -OCH3 is 2. The quantitative estimate of drug-likeness (QED) is 0.625. The third-order valence-corrected chi connectivity index (χ3v) is 7.99. The minimum atomic E-state index is -0.234. The lowest BCUT2D eigenvalue weighted by Crippen LogP contribution is -2.56. The van der Waals surface area contributed by atoms with Gasteiger partial charge >= 0.3 is 0 Å². The minimum Gasteiger partial charge on any atom is -0.380 e. The molecule has 2 bridgehead atoms. The predicted octanol–water partition coefficient (Wildman–Crippen LogP) is 2.94. The van der Waals surface area contributed by atoms with Crippen LogP contribution in [0.3, 0.4) is 0 Å². The van der Waals surface area contributed by atoms with Gasteiger partial charge in [-0.25, -0.2) is 0 Å². The van der Waals surface area contributed by atoms with E-state index < -0.39 is 0 Å². The van der Waals surface area contributed by atoms with Crippen molar-refractivity contribution in [3.05, 3.63) is 23.3 Å². The maximum atomic E-state index is 13.4. The fourth-order valence-electron chi connectivity index (χ4n) is 5.92. The SMILES string of the molecule is COCC1=CCN(C(=O)C23CCC(C(=O)N4CC=C(COC)CC4)(CC2)CC3)CC1. The van der Waals surface area contributed by atoms with Crippen molar-refractivity contribution in [3.63, 3.8) is 0 Å². The molecule has 166 valence electrons. The van der Waals surface area contributed by atoms with Crippen molar-refractivity contribution < 1.29 is 19.1 Å². The Kier molecular flexibility index (Phi) is 6.35. The van der Waals surface area contributed by atoms with Gasteiger partial charge in [-0.05, 0) is 62.5 Å². The summed E-state index contributed by atoms with van der Waals surface area (Å²) < 4.78 is 10.4. The van der Waals surface area contributed by atoms with Gasteiger partial charge in [-0.15, -0.1) is 0 Å². The normalized spacial score (nSPS) is 31.4. The summed E-state index contributed by atoms with van der Waals surface area (Å²) in [6.07, 6.45) is 11.3. The molecule has 0 aromatic rings. The molecule has 2 aliphatic heterocycles. The lowest BCUT2D eigenvalue weighted by molar-refractivity contribution is -0.162. The second-order valence-corrected chi connectivity index (χ2v) is 9.65. The zero-order valence-corrected chi connectivity index (χ0v) is 18.6. The Morgan fingerprint density at radius 2 is 1.13 bits per heavy atom. The molecule has 0 radical (unpaired) electrons. The van der Waals surface area contributed by atoms with Gasteiger partial charge in [0.1, 0.15) is 0 Å². The molecule has 0 aromatic heterocycles. The van der Waals surface area contributed by atoms with Crippen LogP contribution in [0.15, 0.2) is 23.3 Å². The lowest BCUT2D eigenvalue weighted by atomic mass is 9.52. The summed E-state index contributed by atoms with van der Waals surface area (Å²) in [4.78, 5) is 30.9. The highest BCUT2D eigenvalue weighted by atomic mass is 16.5. The fraction of sp³-hybridized carbons (Fsp3) is 0.750. The molecule has 2 amide bonds. The van der Waals surface area contributed by atoms with Crippen molar-refractivity contribution in [2.45, 2.75) is 51.4 Å². The molecular weight excluding hydrogens is 380 g/mol. The highest BCUT2D eigenvalue weighted by Gasteiger charge is 2.57. The van der Waals surface area contributed by atoms with Gasteiger partial charge in [0.05, 0.1) is 13.2 Å². The van der Waals surface area contributed by atoms with Crippen LogP contribution in [0.25, 0.3) is 0 Å². The molecule has 5 rings (SSSR count). The molecule has 0 unspecified atom stereocenters. The zero-order valence-electron chi connectivity index (χ0n) is 18.6. The first-order valence-corrected chi connectivity index (χ1v) is 11.4. The second-order valence-electron chi connectivity index (χ2n) is 9.65. The number of hydrogen-bond donors (Lipinski definition) is 0. The average molecular weight is 417 g/mol. The van der Waals surface area contributed by atoms with Crippen molar-refractivity contribution >= 4 is 11.8 Å². The van der Waals surface area contributed by atoms with Crippen molar-refractivity contribution in [1.29, 1.82) is 0 Å². The lowest BCUT2D eigenvalue weighted by Gasteiger charge is -2.54. The Morgan fingerprint density at radius 1 is 0.767 bits per heavy atom. The van der Waals surface area contributed by atoms with Crippen LogP contribution in [0.5, 0.6) is 0 Å². The number of fused-ring (bicyclic) bond motifs is 3. The van der Waals surface area contributed by atoms with Crippen molar-refractivity contribution in [2.75, 3.05) is 53.6 Å². The topological polar surface area (TPSA) is 59.1 Å². The van der Waals surface area contributed by atoms with E-state index in [2.05, 4.69) is 12.2 Å². The van der Waals surface area contributed by atoms with Gasteiger partial charge in [0, 0.05) is 51.2 Å². The number of carbonyl (C=O) groups is 2. The van der Waals surface area contributed by atoms with E-state index in [-0.39, 0.29) is 10.8 Å². The number of nitrogens with zero attached hydrogens (tertiary/aromatic N) is 2. The van der Waals surface area contributed by atoms with Gasteiger partial charge < -0.3 is 19.3 Å². The Morgan fingerprint density at radius 3 is 1.40 bits per heavy atom. The summed E-state index contributed by atoms with van der Waals surface area (Å²) in [7, 11) is 3.43. The van der Waals surface area contributed by atoms with Crippen molar-refractivity contribution in [2.24, 2.45) is 10.8 Å². The Labute approximate surface area is 180 Å². The van der Waals surface area contributed by atoms with Crippen molar-refractivity contribution in [3.8, 4) is 0 Å². The molecule has 5 aliphatic rings. The van der Waals surface area contributed by atoms with E-state index in [0.717, 1.165) is 64.5 Å². The molecule has 3 fully saturated rings. The van der Waals surface area contributed by atoms with Gasteiger partial charge in [0.2, 0.25) is 11.8 Å². The van der Waals surface area contributed by atoms with E-state index in [1.54, 1.807) is 14.2 Å². The Balaban J connectivity index is 1.36. The molecule has 6 heteroatoms. The van der Waals surface area contributed by atoms with E-state index in [1.165, 1.54) is 11.1 Å². The monoisotopic (exact) mass is 416 g/mol. The molecule has 0 spiro atoms. The number of carbonyl (C=O) groups excluding carboxylic acids is 2. The maximum Gasteiger partial charge on any atom is 0.229 e. The zero-order chi connectivity index (χ0) is 21.2. The van der Waals surface area contributed by atoms with Gasteiger partial charge in [-0.1, -0.05) is 12.2 Å². The van der Waals surface area contributed by atoms with E-state index in [4.69, 9.17) is 9.47 Å². The maximum absolute atomic E-state index is 13.4. The summed E-state index contributed by atoms with van der Waals surface area (Å²) in [6, 6.07) is 0. The molecule has 0 N–H and O–H groups in total. The fourth-order valence-corrected chi connectivity index (χ4v) is 5.92. The van der Waals surface area contributed by atoms with Crippen LogP contribution in [0.1, 0.15) is 51.4 Å². The third kappa shape index (κ3) is 3.96. The average Bonchev–Trinajstić information content (AvgIpc) is 2.81. The molecule has 2 heterocycles. The smallest absolute Gasteiger partial charge is 0.229 e. The number of hydrogen-bond acceptors (Lipinski definition) is 4. The molecule has 3 aliphatic carbocycles. The van der Waals surface area contributed by atoms with E-state index in [1.807, 2.05) is 9.80 Å². The standard InChI is InChI=1S/C24H36N2O4/c1-29-17-19-3-13-25(14-4-19)21(27)23-7-10-24(11-8-23,12-9-23)22(28)26-15-5-20(6-16-26)18-30-2/h3,5H,4,6-18H2,1-2H3. The Hall–Kier alpha value is -1.66. The van der Waals surface area contributed by atoms with E-state index >= 15 is 0 Å². The summed E-state index contributed by atoms with van der Waals surface area (Å²) in [5.41, 5.74) is 2.12. The van der Waals surface area contributed by atoms with Gasteiger partial charge in [-0.2, -0.15) is 0 Å². The number of amides is 2. The predicted molar refractivity (Wildman–Crippen MR) is 115 cm³/mol. The summed E-state index contributed by atoms with van der Waals surface area (Å²) in [5, 5.41) is 0. The second kappa shape index (κ2) is 8.83. The first-order chi connectivity index (χ1) is 14.5. The van der Waals surface area contributed by atoms with Crippen LogP contribution < -0.4 is 0 Å². The summed E-state index contributed by atoms with van der Waals surface area (Å²) in [6.45, 7) is 4.32. The highest BCUT2D eigenvalue weighted by molar-refractivity contribution is 5.87. The molecular formula is C24H36N2O4. The van der Waals surface area contributed by atoms with Crippen LogP contribution in [-0.4, -0.2) is 75.2 Å². The minimum absolute atomic E-state index is 0.234. The van der Waals surface area contributed by atoms with Gasteiger partial charge in [0.15, 0.2) is 0 Å². The van der Waals surface area contributed by atoms with Gasteiger partial charge in [-0.3, -0.25) is 9.59 Å². The van der Waals surface area contributed by atoms with Crippen LogP contribution in [0.4, 0.5) is 0 Å². The van der Waals surface area contributed by atoms with Gasteiger partial charge in [0.25, 0.3) is 0 Å². The number of rotatable bonds is 6. The van der Waals surface area contributed by atoms with E-state index in [0.29, 0.717) is 38.1 Å². The largest absolute Gasteiger partial charge is 0.380 e. The van der Waals surface area contributed by atoms with E-state index in [9.17, 15) is 9.59 Å². The molecule has 0 atom stereocenters.